The summed E-state index contributed by atoms with van der Waals surface area (Å²) in [7, 11) is 3.80. The van der Waals surface area contributed by atoms with Crippen molar-refractivity contribution in [3.8, 4) is 0 Å². The Morgan fingerprint density at radius 2 is 2.32 bits per heavy atom. The van der Waals surface area contributed by atoms with Gasteiger partial charge in [0.2, 0.25) is 11.8 Å². The number of aromatic nitrogens is 1. The number of amides is 2. The molecule has 0 atom stereocenters. The van der Waals surface area contributed by atoms with Gasteiger partial charge in [-0.1, -0.05) is 0 Å². The Bertz CT molecular complexity index is 475. The normalized spacial score (nSPS) is 14.6. The Morgan fingerprint density at radius 3 is 2.84 bits per heavy atom. The Morgan fingerprint density at radius 1 is 1.53 bits per heavy atom. The average molecular weight is 280 g/mol. The average Bonchev–Trinajstić information content (AvgIpc) is 2.75. The summed E-state index contributed by atoms with van der Waals surface area (Å²) in [6.07, 6.45) is 1.60. The molecule has 0 aliphatic carbocycles. The summed E-state index contributed by atoms with van der Waals surface area (Å²) in [5.74, 6) is 1.69. The van der Waals surface area contributed by atoms with Gasteiger partial charge in [-0.05, 0) is 12.1 Å². The summed E-state index contributed by atoms with van der Waals surface area (Å²) < 4.78 is 0. The number of carbonyl (C=O) groups excluding carboxylic acids is 2. The Balaban J connectivity index is 1.89. The number of thioether (sulfide) groups is 1. The van der Waals surface area contributed by atoms with Gasteiger partial charge in [-0.3, -0.25) is 9.59 Å². The molecule has 2 rings (SSSR count). The van der Waals surface area contributed by atoms with Crippen molar-refractivity contribution in [3.63, 3.8) is 0 Å². The lowest BCUT2D eigenvalue weighted by Crippen LogP contribution is -2.34. The Hall–Kier alpha value is -1.76. The number of pyridine rings is 1. The van der Waals surface area contributed by atoms with Crippen molar-refractivity contribution < 1.29 is 9.59 Å². The first-order valence-electron chi connectivity index (χ1n) is 5.85. The molecule has 0 saturated carbocycles. The quantitative estimate of drug-likeness (QED) is 0.876. The first-order valence-corrected chi connectivity index (χ1v) is 7.00. The molecular weight excluding hydrogens is 264 g/mol. The fraction of sp³-hybridized carbons (Fsp3) is 0.417. The number of nitrogens with one attached hydrogen (secondary N) is 1. The highest BCUT2D eigenvalue weighted by Gasteiger charge is 2.22. The highest BCUT2D eigenvalue weighted by Crippen LogP contribution is 2.15. The molecule has 1 fully saturated rings. The SMILES string of the molecule is CN(C)c1ccc(NC(=O)CN2CSCC2=O)cn1. The van der Waals surface area contributed by atoms with Crippen molar-refractivity contribution in [1.29, 1.82) is 0 Å². The minimum Gasteiger partial charge on any atom is -0.363 e. The molecule has 1 N–H and O–H groups in total. The van der Waals surface area contributed by atoms with E-state index in [0.29, 0.717) is 17.3 Å². The maximum Gasteiger partial charge on any atom is 0.244 e. The fourth-order valence-electron chi connectivity index (χ4n) is 1.64. The topological polar surface area (TPSA) is 65.5 Å². The molecule has 0 bridgehead atoms. The van der Waals surface area contributed by atoms with E-state index in [9.17, 15) is 9.59 Å². The van der Waals surface area contributed by atoms with Gasteiger partial charge in [-0.2, -0.15) is 0 Å². The van der Waals surface area contributed by atoms with Crippen LogP contribution in [0.2, 0.25) is 0 Å². The predicted octanol–water partition coefficient (Wildman–Crippen LogP) is 0.619. The lowest BCUT2D eigenvalue weighted by Gasteiger charge is -2.15. The molecule has 2 heterocycles. The number of hydrogen-bond donors (Lipinski definition) is 1. The predicted molar refractivity (Wildman–Crippen MR) is 76.2 cm³/mol. The van der Waals surface area contributed by atoms with E-state index in [-0.39, 0.29) is 18.4 Å². The second kappa shape index (κ2) is 5.92. The van der Waals surface area contributed by atoms with Crippen molar-refractivity contribution in [3.05, 3.63) is 18.3 Å². The van der Waals surface area contributed by atoms with Gasteiger partial charge in [-0.15, -0.1) is 11.8 Å². The minimum absolute atomic E-state index is 0.0150. The Kier molecular flexibility index (Phi) is 4.26. The van der Waals surface area contributed by atoms with Crippen LogP contribution >= 0.6 is 11.8 Å². The molecule has 0 unspecified atom stereocenters. The number of nitrogens with zero attached hydrogens (tertiary/aromatic N) is 3. The van der Waals surface area contributed by atoms with Crippen LogP contribution in [0.25, 0.3) is 0 Å². The molecule has 0 aromatic carbocycles. The summed E-state index contributed by atoms with van der Waals surface area (Å²) in [6.45, 7) is 0.0985. The van der Waals surface area contributed by atoms with Gasteiger partial charge >= 0.3 is 0 Å². The molecule has 1 aromatic rings. The summed E-state index contributed by atoms with van der Waals surface area (Å²) in [5, 5.41) is 2.73. The lowest BCUT2D eigenvalue weighted by atomic mass is 10.3. The van der Waals surface area contributed by atoms with Gasteiger partial charge < -0.3 is 15.1 Å². The molecule has 1 aliphatic heterocycles. The minimum atomic E-state index is -0.199. The third-order valence-corrected chi connectivity index (χ3v) is 3.59. The van der Waals surface area contributed by atoms with Crippen LogP contribution in [0.4, 0.5) is 11.5 Å². The van der Waals surface area contributed by atoms with Crippen LogP contribution in [0, 0.1) is 0 Å². The zero-order chi connectivity index (χ0) is 13.8. The smallest absolute Gasteiger partial charge is 0.244 e. The van der Waals surface area contributed by atoms with Gasteiger partial charge in [0.15, 0.2) is 0 Å². The standard InChI is InChI=1S/C12H16N4O2S/c1-15(2)10-4-3-9(5-13-10)14-11(17)6-16-8-19-7-12(16)18/h3-5H,6-8H2,1-2H3,(H,14,17). The number of rotatable bonds is 4. The van der Waals surface area contributed by atoms with Crippen molar-refractivity contribution in [2.45, 2.75) is 0 Å². The van der Waals surface area contributed by atoms with E-state index in [1.165, 1.54) is 11.8 Å². The van der Waals surface area contributed by atoms with Crippen molar-refractivity contribution in [1.82, 2.24) is 9.88 Å². The molecule has 1 aliphatic rings. The van der Waals surface area contributed by atoms with Gasteiger partial charge in [-0.25, -0.2) is 4.98 Å². The molecule has 1 aromatic heterocycles. The lowest BCUT2D eigenvalue weighted by molar-refractivity contribution is -0.130. The maximum atomic E-state index is 11.8. The summed E-state index contributed by atoms with van der Waals surface area (Å²) in [4.78, 5) is 30.8. The van der Waals surface area contributed by atoms with E-state index in [1.54, 1.807) is 17.2 Å². The van der Waals surface area contributed by atoms with Crippen LogP contribution in [0.15, 0.2) is 18.3 Å². The van der Waals surface area contributed by atoms with Crippen LogP contribution in [0.3, 0.4) is 0 Å². The maximum absolute atomic E-state index is 11.8. The van der Waals surface area contributed by atoms with Crippen LogP contribution in [0.5, 0.6) is 0 Å². The largest absolute Gasteiger partial charge is 0.363 e. The monoisotopic (exact) mass is 280 g/mol. The number of carbonyl (C=O) groups is 2. The first-order chi connectivity index (χ1) is 9.06. The summed E-state index contributed by atoms with van der Waals surface area (Å²) >= 11 is 1.52. The van der Waals surface area contributed by atoms with Crippen molar-refractivity contribution in [2.75, 3.05) is 42.5 Å². The van der Waals surface area contributed by atoms with E-state index < -0.39 is 0 Å². The molecule has 19 heavy (non-hydrogen) atoms. The van der Waals surface area contributed by atoms with Gasteiger partial charge in [0.05, 0.1) is 23.5 Å². The van der Waals surface area contributed by atoms with Gasteiger partial charge in [0.1, 0.15) is 12.4 Å². The molecule has 7 heteroatoms. The van der Waals surface area contributed by atoms with E-state index >= 15 is 0 Å². The molecular formula is C12H16N4O2S. The van der Waals surface area contributed by atoms with E-state index in [4.69, 9.17) is 0 Å². The number of anilines is 2. The summed E-state index contributed by atoms with van der Waals surface area (Å²) in [6, 6.07) is 3.62. The Labute approximate surface area is 116 Å². The third kappa shape index (κ3) is 3.60. The fourth-order valence-corrected chi connectivity index (χ4v) is 2.54. The first kappa shape index (κ1) is 13.7. The second-order valence-electron chi connectivity index (χ2n) is 4.42. The highest BCUT2D eigenvalue weighted by molar-refractivity contribution is 8.00. The zero-order valence-electron chi connectivity index (χ0n) is 10.9. The van der Waals surface area contributed by atoms with Crippen LogP contribution in [0.1, 0.15) is 0 Å². The zero-order valence-corrected chi connectivity index (χ0v) is 11.7. The van der Waals surface area contributed by atoms with Crippen LogP contribution in [-0.2, 0) is 9.59 Å². The van der Waals surface area contributed by atoms with E-state index in [0.717, 1.165) is 5.82 Å². The van der Waals surface area contributed by atoms with Gasteiger partial charge in [0, 0.05) is 14.1 Å². The number of hydrogen-bond acceptors (Lipinski definition) is 5. The molecule has 1 saturated heterocycles. The van der Waals surface area contributed by atoms with E-state index in [1.807, 2.05) is 25.1 Å². The van der Waals surface area contributed by atoms with Crippen molar-refractivity contribution >= 4 is 35.1 Å². The molecule has 102 valence electrons. The van der Waals surface area contributed by atoms with Gasteiger partial charge in [0.25, 0.3) is 0 Å². The van der Waals surface area contributed by atoms with Crippen molar-refractivity contribution in [2.24, 2.45) is 0 Å². The molecule has 6 nitrogen and oxygen atoms in total. The molecule has 0 spiro atoms. The third-order valence-electron chi connectivity index (χ3n) is 2.65. The molecule has 2 amide bonds. The molecule has 0 radical (unpaired) electrons. The van der Waals surface area contributed by atoms with Crippen LogP contribution in [-0.4, -0.2) is 54.0 Å². The van der Waals surface area contributed by atoms with Crippen LogP contribution < -0.4 is 10.2 Å². The summed E-state index contributed by atoms with van der Waals surface area (Å²) in [5.41, 5.74) is 0.634. The second-order valence-corrected chi connectivity index (χ2v) is 5.37. The van der Waals surface area contributed by atoms with E-state index in [2.05, 4.69) is 10.3 Å². The highest BCUT2D eigenvalue weighted by atomic mass is 32.2.